The Morgan fingerprint density at radius 2 is 1.96 bits per heavy atom. The predicted molar refractivity (Wildman–Crippen MR) is 98.3 cm³/mol. The Labute approximate surface area is 151 Å². The maximum Gasteiger partial charge on any atom is 0.231 e. The summed E-state index contributed by atoms with van der Waals surface area (Å²) < 4.78 is 10.7. The molecule has 0 spiro atoms. The summed E-state index contributed by atoms with van der Waals surface area (Å²) in [4.78, 5) is 13.5. The highest BCUT2D eigenvalue weighted by molar-refractivity contribution is 8.00. The van der Waals surface area contributed by atoms with Crippen LogP contribution >= 0.6 is 11.8 Å². The summed E-state index contributed by atoms with van der Waals surface area (Å²) in [6, 6.07) is 12.3. The van der Waals surface area contributed by atoms with Crippen molar-refractivity contribution in [2.45, 2.75) is 37.1 Å². The zero-order valence-corrected chi connectivity index (χ0v) is 15.0. The van der Waals surface area contributed by atoms with E-state index >= 15 is 0 Å². The molecular weight excluding hydrogens is 334 g/mol. The lowest BCUT2D eigenvalue weighted by atomic mass is 10.1. The maximum atomic E-state index is 12.3. The van der Waals surface area contributed by atoms with Gasteiger partial charge in [0, 0.05) is 4.90 Å². The Kier molecular flexibility index (Phi) is 4.57. The van der Waals surface area contributed by atoms with Gasteiger partial charge in [-0.05, 0) is 67.1 Å². The van der Waals surface area contributed by atoms with Crippen LogP contribution in [-0.2, 0) is 17.6 Å². The molecule has 5 heteroatoms. The van der Waals surface area contributed by atoms with Gasteiger partial charge in [0.1, 0.15) is 0 Å². The van der Waals surface area contributed by atoms with Crippen molar-refractivity contribution < 1.29 is 14.3 Å². The van der Waals surface area contributed by atoms with Crippen molar-refractivity contribution in [3.05, 3.63) is 53.1 Å². The monoisotopic (exact) mass is 355 g/mol. The van der Waals surface area contributed by atoms with E-state index in [1.54, 1.807) is 11.8 Å². The molecule has 25 heavy (non-hydrogen) atoms. The SMILES string of the molecule is CC(NC(=O)CSc1ccc2c(c1)CCC2)c1ccc2c(c1)OCO2. The van der Waals surface area contributed by atoms with E-state index in [9.17, 15) is 4.79 Å². The van der Waals surface area contributed by atoms with Gasteiger partial charge in [0.15, 0.2) is 11.5 Å². The van der Waals surface area contributed by atoms with Crippen LogP contribution in [-0.4, -0.2) is 18.5 Å². The molecule has 130 valence electrons. The molecule has 0 radical (unpaired) electrons. The molecule has 0 bridgehead atoms. The molecule has 1 atom stereocenters. The largest absolute Gasteiger partial charge is 0.454 e. The summed E-state index contributed by atoms with van der Waals surface area (Å²) in [5.41, 5.74) is 3.92. The highest BCUT2D eigenvalue weighted by Crippen LogP contribution is 2.34. The quantitative estimate of drug-likeness (QED) is 0.827. The number of ether oxygens (including phenoxy) is 2. The summed E-state index contributed by atoms with van der Waals surface area (Å²) in [5, 5.41) is 3.05. The van der Waals surface area contributed by atoms with E-state index in [0.717, 1.165) is 23.5 Å². The first-order valence-electron chi connectivity index (χ1n) is 8.62. The average molecular weight is 355 g/mol. The van der Waals surface area contributed by atoms with Gasteiger partial charge in [0.05, 0.1) is 11.8 Å². The van der Waals surface area contributed by atoms with Gasteiger partial charge in [-0.3, -0.25) is 4.79 Å². The van der Waals surface area contributed by atoms with Crippen molar-refractivity contribution in [2.24, 2.45) is 0 Å². The zero-order valence-electron chi connectivity index (χ0n) is 14.2. The van der Waals surface area contributed by atoms with Crippen molar-refractivity contribution in [3.8, 4) is 11.5 Å². The first kappa shape index (κ1) is 16.3. The van der Waals surface area contributed by atoms with E-state index in [-0.39, 0.29) is 18.7 Å². The Morgan fingerprint density at radius 3 is 2.88 bits per heavy atom. The fourth-order valence-corrected chi connectivity index (χ4v) is 4.11. The van der Waals surface area contributed by atoms with Gasteiger partial charge in [-0.25, -0.2) is 0 Å². The molecule has 2 aromatic carbocycles. The van der Waals surface area contributed by atoms with Crippen molar-refractivity contribution in [1.29, 1.82) is 0 Å². The second kappa shape index (κ2) is 7.00. The molecule has 2 aliphatic rings. The number of aryl methyl sites for hydroxylation is 2. The molecule has 0 saturated carbocycles. The van der Waals surface area contributed by atoms with Crippen LogP contribution < -0.4 is 14.8 Å². The van der Waals surface area contributed by atoms with Gasteiger partial charge in [-0.1, -0.05) is 12.1 Å². The van der Waals surface area contributed by atoms with Gasteiger partial charge < -0.3 is 14.8 Å². The summed E-state index contributed by atoms with van der Waals surface area (Å²) >= 11 is 1.60. The van der Waals surface area contributed by atoms with Crippen LogP contribution in [0.25, 0.3) is 0 Å². The van der Waals surface area contributed by atoms with E-state index in [2.05, 4.69) is 23.5 Å². The van der Waals surface area contributed by atoms with Crippen molar-refractivity contribution in [3.63, 3.8) is 0 Å². The second-order valence-electron chi connectivity index (χ2n) is 6.47. The van der Waals surface area contributed by atoms with Crippen LogP contribution in [0.4, 0.5) is 0 Å². The van der Waals surface area contributed by atoms with Crippen LogP contribution in [0.15, 0.2) is 41.3 Å². The van der Waals surface area contributed by atoms with E-state index in [0.29, 0.717) is 5.75 Å². The van der Waals surface area contributed by atoms with Gasteiger partial charge in [0.25, 0.3) is 0 Å². The number of hydrogen-bond acceptors (Lipinski definition) is 4. The normalized spacial score (nSPS) is 15.7. The molecular formula is C20H21NO3S. The highest BCUT2D eigenvalue weighted by atomic mass is 32.2. The van der Waals surface area contributed by atoms with E-state index < -0.39 is 0 Å². The number of nitrogens with one attached hydrogen (secondary N) is 1. The first-order valence-corrected chi connectivity index (χ1v) is 9.61. The number of carbonyl (C=O) groups excluding carboxylic acids is 1. The molecule has 0 aromatic heterocycles. The number of fused-ring (bicyclic) bond motifs is 2. The minimum absolute atomic E-state index is 0.0377. The number of amides is 1. The van der Waals surface area contributed by atoms with Gasteiger partial charge in [0.2, 0.25) is 12.7 Å². The van der Waals surface area contributed by atoms with Crippen LogP contribution in [0.3, 0.4) is 0 Å². The molecule has 0 fully saturated rings. The van der Waals surface area contributed by atoms with Crippen LogP contribution in [0, 0.1) is 0 Å². The molecule has 1 N–H and O–H groups in total. The highest BCUT2D eigenvalue weighted by Gasteiger charge is 2.17. The number of thioether (sulfide) groups is 1. The topological polar surface area (TPSA) is 47.6 Å². The molecule has 4 nitrogen and oxygen atoms in total. The van der Waals surface area contributed by atoms with Crippen LogP contribution in [0.2, 0.25) is 0 Å². The van der Waals surface area contributed by atoms with Crippen LogP contribution in [0.1, 0.15) is 36.1 Å². The van der Waals surface area contributed by atoms with Gasteiger partial charge >= 0.3 is 0 Å². The molecule has 1 unspecified atom stereocenters. The third kappa shape index (κ3) is 3.61. The van der Waals surface area contributed by atoms with Crippen molar-refractivity contribution >= 4 is 17.7 Å². The minimum atomic E-state index is -0.0670. The summed E-state index contributed by atoms with van der Waals surface area (Å²) in [6.07, 6.45) is 3.60. The lowest BCUT2D eigenvalue weighted by Crippen LogP contribution is -2.28. The number of carbonyl (C=O) groups is 1. The zero-order chi connectivity index (χ0) is 17.2. The fourth-order valence-electron chi connectivity index (χ4n) is 3.34. The summed E-state index contributed by atoms with van der Waals surface area (Å²) in [7, 11) is 0. The summed E-state index contributed by atoms with van der Waals surface area (Å²) in [6.45, 7) is 2.24. The van der Waals surface area contributed by atoms with E-state index in [1.807, 2.05) is 25.1 Å². The molecule has 1 heterocycles. The average Bonchev–Trinajstić information content (AvgIpc) is 3.27. The fraction of sp³-hybridized carbons (Fsp3) is 0.350. The Bertz CT molecular complexity index is 806. The molecule has 0 saturated heterocycles. The lowest BCUT2D eigenvalue weighted by molar-refractivity contribution is -0.119. The third-order valence-corrected chi connectivity index (χ3v) is 5.71. The lowest BCUT2D eigenvalue weighted by Gasteiger charge is -2.15. The maximum absolute atomic E-state index is 12.3. The number of rotatable bonds is 5. The van der Waals surface area contributed by atoms with E-state index in [1.165, 1.54) is 28.9 Å². The molecule has 1 aliphatic carbocycles. The summed E-state index contributed by atoms with van der Waals surface area (Å²) in [5.74, 6) is 1.96. The molecule has 2 aromatic rings. The third-order valence-electron chi connectivity index (χ3n) is 4.71. The molecule has 1 aliphatic heterocycles. The number of benzene rings is 2. The van der Waals surface area contributed by atoms with Crippen LogP contribution in [0.5, 0.6) is 11.5 Å². The minimum Gasteiger partial charge on any atom is -0.454 e. The Balaban J connectivity index is 1.32. The second-order valence-corrected chi connectivity index (χ2v) is 7.52. The number of hydrogen-bond donors (Lipinski definition) is 1. The Morgan fingerprint density at radius 1 is 1.12 bits per heavy atom. The first-order chi connectivity index (χ1) is 12.2. The Hall–Kier alpha value is -2.14. The smallest absolute Gasteiger partial charge is 0.231 e. The van der Waals surface area contributed by atoms with E-state index in [4.69, 9.17) is 9.47 Å². The van der Waals surface area contributed by atoms with Crippen molar-refractivity contribution in [1.82, 2.24) is 5.32 Å². The van der Waals surface area contributed by atoms with Gasteiger partial charge in [-0.2, -0.15) is 0 Å². The standard InChI is InChI=1S/C20H21NO3S/c1-13(15-6-8-18-19(10-15)24-12-23-18)21-20(22)11-25-17-7-5-14-3-2-4-16(14)9-17/h5-10,13H,2-4,11-12H2,1H3,(H,21,22). The van der Waals surface area contributed by atoms with Gasteiger partial charge in [-0.15, -0.1) is 11.8 Å². The van der Waals surface area contributed by atoms with Crippen molar-refractivity contribution in [2.75, 3.05) is 12.5 Å². The predicted octanol–water partition coefficient (Wildman–Crippen LogP) is 3.87. The molecule has 1 amide bonds. The molecule has 4 rings (SSSR count).